The predicted octanol–water partition coefficient (Wildman–Crippen LogP) is 2.80. The van der Waals surface area contributed by atoms with Crippen LogP contribution in [0.3, 0.4) is 0 Å². The first-order chi connectivity index (χ1) is 8.58. The van der Waals surface area contributed by atoms with Gasteiger partial charge in [-0.15, -0.1) is 5.10 Å². The fourth-order valence-corrected chi connectivity index (χ4v) is 1.64. The smallest absolute Gasteiger partial charge is 0.249 e. The fraction of sp³-hybridized carbons (Fsp3) is 0. The van der Waals surface area contributed by atoms with Gasteiger partial charge in [0.1, 0.15) is 16.6 Å². The van der Waals surface area contributed by atoms with Gasteiger partial charge in [0, 0.05) is 6.07 Å². The number of hydrogen-bond donors (Lipinski definition) is 1. The van der Waals surface area contributed by atoms with Gasteiger partial charge in [0.05, 0.1) is 16.2 Å². The Morgan fingerprint density at radius 2 is 2.17 bits per heavy atom. The predicted molar refractivity (Wildman–Crippen MR) is 72.1 cm³/mol. The second-order valence-electron chi connectivity index (χ2n) is 3.29. The van der Waals surface area contributed by atoms with Gasteiger partial charge in [-0.25, -0.2) is 4.39 Å². The van der Waals surface area contributed by atoms with E-state index in [1.807, 2.05) is 0 Å². The molecule has 0 saturated carbocycles. The third-order valence-corrected chi connectivity index (χ3v) is 2.92. The molecule has 92 valence electrons. The highest BCUT2D eigenvalue weighted by molar-refractivity contribution is 9.10. The molecule has 0 radical (unpaired) electrons. The zero-order chi connectivity index (χ0) is 13.1. The van der Waals surface area contributed by atoms with Crippen LogP contribution in [0.5, 0.6) is 11.6 Å². The summed E-state index contributed by atoms with van der Waals surface area (Å²) in [5.41, 5.74) is 5.97. The summed E-state index contributed by atoms with van der Waals surface area (Å²) in [6.07, 6.45) is 1.45. The van der Waals surface area contributed by atoms with Gasteiger partial charge in [-0.2, -0.15) is 5.10 Å². The normalized spacial score (nSPS) is 10.1. The molecule has 2 N–H and O–H groups in total. The van der Waals surface area contributed by atoms with E-state index >= 15 is 0 Å². The van der Waals surface area contributed by atoms with E-state index < -0.39 is 5.82 Å². The Bertz CT molecular complexity index is 609. The highest BCUT2D eigenvalue weighted by Crippen LogP contribution is 2.26. The second-order valence-corrected chi connectivity index (χ2v) is 4.59. The number of aromatic nitrogens is 2. The standard InChI is InChI=1S/C11H7BrFN3OS/c12-8-2-1-6(5-9(8)13)17-11-7(10(14)18)3-4-15-16-11/h1-5H,(H2,14,18). The molecule has 0 saturated heterocycles. The largest absolute Gasteiger partial charge is 0.437 e. The second kappa shape index (κ2) is 5.36. The summed E-state index contributed by atoms with van der Waals surface area (Å²) in [6, 6.07) is 5.93. The lowest BCUT2D eigenvalue weighted by molar-refractivity contribution is 0.449. The van der Waals surface area contributed by atoms with Crippen LogP contribution in [0.2, 0.25) is 0 Å². The van der Waals surface area contributed by atoms with Gasteiger partial charge >= 0.3 is 0 Å². The molecule has 0 aliphatic heterocycles. The number of thiocarbonyl (C=S) groups is 1. The average molecular weight is 328 g/mol. The minimum atomic E-state index is -0.437. The van der Waals surface area contributed by atoms with Crippen LogP contribution < -0.4 is 10.5 Å². The monoisotopic (exact) mass is 327 g/mol. The minimum absolute atomic E-state index is 0.137. The highest BCUT2D eigenvalue weighted by atomic mass is 79.9. The van der Waals surface area contributed by atoms with Crippen molar-refractivity contribution >= 4 is 33.1 Å². The Labute approximate surface area is 116 Å². The quantitative estimate of drug-likeness (QED) is 0.878. The third-order valence-electron chi connectivity index (χ3n) is 2.06. The maximum atomic E-state index is 13.3. The number of benzene rings is 1. The number of halogens is 2. The van der Waals surface area contributed by atoms with Gasteiger partial charge in [-0.05, 0) is 34.1 Å². The lowest BCUT2D eigenvalue weighted by Gasteiger charge is -2.08. The summed E-state index contributed by atoms with van der Waals surface area (Å²) in [5.74, 6) is -0.00584. The molecule has 2 rings (SSSR count). The van der Waals surface area contributed by atoms with Crippen molar-refractivity contribution in [2.24, 2.45) is 5.73 Å². The topological polar surface area (TPSA) is 61.0 Å². The number of ether oxygens (including phenoxy) is 1. The van der Waals surface area contributed by atoms with Crippen molar-refractivity contribution in [3.8, 4) is 11.6 Å². The van der Waals surface area contributed by atoms with E-state index in [0.29, 0.717) is 10.0 Å². The zero-order valence-electron chi connectivity index (χ0n) is 8.93. The Kier molecular flexibility index (Phi) is 3.83. The van der Waals surface area contributed by atoms with Crippen molar-refractivity contribution < 1.29 is 9.13 Å². The zero-order valence-corrected chi connectivity index (χ0v) is 11.3. The van der Waals surface area contributed by atoms with E-state index in [-0.39, 0.29) is 16.6 Å². The van der Waals surface area contributed by atoms with Crippen LogP contribution in [-0.2, 0) is 0 Å². The van der Waals surface area contributed by atoms with Crippen LogP contribution >= 0.6 is 28.1 Å². The molecule has 1 aromatic carbocycles. The number of nitrogens with two attached hydrogens (primary N) is 1. The average Bonchev–Trinajstić information content (AvgIpc) is 2.34. The summed E-state index contributed by atoms with van der Waals surface area (Å²) in [6.45, 7) is 0. The molecule has 0 aliphatic rings. The lowest BCUT2D eigenvalue weighted by atomic mass is 10.3. The van der Waals surface area contributed by atoms with Gasteiger partial charge in [0.2, 0.25) is 5.88 Å². The molecule has 4 nitrogen and oxygen atoms in total. The molecular weight excluding hydrogens is 321 g/mol. The molecule has 18 heavy (non-hydrogen) atoms. The van der Waals surface area contributed by atoms with E-state index in [0.717, 1.165) is 0 Å². The first kappa shape index (κ1) is 12.8. The van der Waals surface area contributed by atoms with Crippen LogP contribution in [0.1, 0.15) is 5.56 Å². The summed E-state index contributed by atoms with van der Waals surface area (Å²) in [7, 11) is 0. The van der Waals surface area contributed by atoms with Gasteiger partial charge in [0.15, 0.2) is 0 Å². The first-order valence-corrected chi connectivity index (χ1v) is 6.02. The summed E-state index contributed by atoms with van der Waals surface area (Å²) in [4.78, 5) is 0.137. The maximum absolute atomic E-state index is 13.3. The van der Waals surface area contributed by atoms with Gasteiger partial charge in [0.25, 0.3) is 0 Å². The Morgan fingerprint density at radius 1 is 1.39 bits per heavy atom. The molecule has 1 heterocycles. The Morgan fingerprint density at radius 3 is 2.83 bits per heavy atom. The van der Waals surface area contributed by atoms with E-state index in [4.69, 9.17) is 22.7 Å². The van der Waals surface area contributed by atoms with Crippen LogP contribution in [0.25, 0.3) is 0 Å². The van der Waals surface area contributed by atoms with E-state index in [9.17, 15) is 4.39 Å². The SMILES string of the molecule is NC(=S)c1ccnnc1Oc1ccc(Br)c(F)c1. The van der Waals surface area contributed by atoms with Crippen LogP contribution in [0.4, 0.5) is 4.39 Å². The van der Waals surface area contributed by atoms with E-state index in [1.54, 1.807) is 12.1 Å². The Balaban J connectivity index is 2.34. The van der Waals surface area contributed by atoms with Crippen LogP contribution in [-0.4, -0.2) is 15.2 Å². The van der Waals surface area contributed by atoms with Crippen molar-refractivity contribution in [2.45, 2.75) is 0 Å². The minimum Gasteiger partial charge on any atom is -0.437 e. The van der Waals surface area contributed by atoms with Crippen molar-refractivity contribution in [1.29, 1.82) is 0 Å². The number of rotatable bonds is 3. The summed E-state index contributed by atoms with van der Waals surface area (Å²) >= 11 is 7.91. The van der Waals surface area contributed by atoms with Crippen molar-refractivity contribution in [2.75, 3.05) is 0 Å². The molecule has 2 aromatic rings. The number of hydrogen-bond acceptors (Lipinski definition) is 4. The van der Waals surface area contributed by atoms with E-state index in [2.05, 4.69) is 26.1 Å². The van der Waals surface area contributed by atoms with Gasteiger partial charge in [-0.1, -0.05) is 12.2 Å². The molecule has 0 amide bonds. The van der Waals surface area contributed by atoms with Gasteiger partial charge < -0.3 is 10.5 Å². The third kappa shape index (κ3) is 2.80. The van der Waals surface area contributed by atoms with Gasteiger partial charge in [-0.3, -0.25) is 0 Å². The summed E-state index contributed by atoms with van der Waals surface area (Å²) < 4.78 is 19.1. The van der Waals surface area contributed by atoms with Crippen molar-refractivity contribution in [3.63, 3.8) is 0 Å². The molecule has 0 fully saturated rings. The Hall–Kier alpha value is -1.60. The van der Waals surface area contributed by atoms with Crippen LogP contribution in [0, 0.1) is 5.82 Å². The number of nitrogens with zero attached hydrogens (tertiary/aromatic N) is 2. The first-order valence-electron chi connectivity index (χ1n) is 4.82. The molecule has 0 bridgehead atoms. The highest BCUT2D eigenvalue weighted by Gasteiger charge is 2.10. The lowest BCUT2D eigenvalue weighted by Crippen LogP contribution is -2.12. The summed E-state index contributed by atoms with van der Waals surface area (Å²) in [5, 5.41) is 7.44. The fourth-order valence-electron chi connectivity index (χ4n) is 1.23. The van der Waals surface area contributed by atoms with Crippen molar-refractivity contribution in [1.82, 2.24) is 10.2 Å². The molecule has 0 aliphatic carbocycles. The molecule has 0 spiro atoms. The van der Waals surface area contributed by atoms with E-state index in [1.165, 1.54) is 18.3 Å². The molecule has 0 atom stereocenters. The molecule has 7 heteroatoms. The molecule has 0 unspecified atom stereocenters. The molecular formula is C11H7BrFN3OS. The van der Waals surface area contributed by atoms with Crippen LogP contribution in [0.15, 0.2) is 34.9 Å². The van der Waals surface area contributed by atoms with Crippen molar-refractivity contribution in [3.05, 3.63) is 46.3 Å². The maximum Gasteiger partial charge on any atom is 0.249 e. The molecule has 1 aromatic heterocycles.